The van der Waals surface area contributed by atoms with Crippen molar-refractivity contribution in [1.29, 1.82) is 0 Å². The van der Waals surface area contributed by atoms with Crippen LogP contribution in [0.1, 0.15) is 20.8 Å². The fourth-order valence-electron chi connectivity index (χ4n) is 1.00. The van der Waals surface area contributed by atoms with E-state index in [1.54, 1.807) is 0 Å². The summed E-state index contributed by atoms with van der Waals surface area (Å²) < 4.78 is 22.0. The lowest BCUT2D eigenvalue weighted by Crippen LogP contribution is -2.53. The van der Waals surface area contributed by atoms with Gasteiger partial charge in [0.15, 0.2) is 0 Å². The molecule has 0 rings (SSSR count). The van der Waals surface area contributed by atoms with Gasteiger partial charge in [-0.05, 0) is 20.8 Å². The Kier molecular flexibility index (Phi) is 8.91. The lowest BCUT2D eigenvalue weighted by molar-refractivity contribution is -0.0281. The molecular weight excluding hydrogens is 254 g/mol. The molecule has 6 N–H and O–H groups in total. The maximum Gasteiger partial charge on any atom is 0.679 e. The molecule has 0 spiro atoms. The second-order valence-corrected chi connectivity index (χ2v) is 6.84. The van der Waals surface area contributed by atoms with Crippen LogP contribution in [-0.4, -0.2) is 54.1 Å². The zero-order chi connectivity index (χ0) is 14.2. The SMILES string of the molecule is CO[Si](OCC(C)N)(OCC(C)N)OCC(C)N. The fraction of sp³-hybridized carbons (Fsp3) is 1.00. The molecule has 0 aromatic carbocycles. The van der Waals surface area contributed by atoms with Crippen molar-refractivity contribution in [2.75, 3.05) is 26.9 Å². The van der Waals surface area contributed by atoms with Crippen LogP contribution in [0.3, 0.4) is 0 Å². The first-order valence-electron chi connectivity index (χ1n) is 6.05. The van der Waals surface area contributed by atoms with Crippen LogP contribution in [0.2, 0.25) is 0 Å². The van der Waals surface area contributed by atoms with Gasteiger partial charge in [-0.2, -0.15) is 0 Å². The van der Waals surface area contributed by atoms with E-state index in [-0.39, 0.29) is 37.9 Å². The third kappa shape index (κ3) is 8.11. The van der Waals surface area contributed by atoms with Crippen molar-refractivity contribution in [3.8, 4) is 0 Å². The summed E-state index contributed by atoms with van der Waals surface area (Å²) >= 11 is 0. The molecule has 0 saturated heterocycles. The Labute approximate surface area is 110 Å². The summed E-state index contributed by atoms with van der Waals surface area (Å²) in [5.41, 5.74) is 16.9. The highest BCUT2D eigenvalue weighted by molar-refractivity contribution is 6.53. The predicted octanol–water partition coefficient (Wildman–Crippen LogP) is -0.840. The van der Waals surface area contributed by atoms with Crippen molar-refractivity contribution in [3.05, 3.63) is 0 Å². The van der Waals surface area contributed by atoms with Crippen LogP contribution in [0.4, 0.5) is 0 Å². The van der Waals surface area contributed by atoms with Crippen LogP contribution in [0.5, 0.6) is 0 Å². The highest BCUT2D eigenvalue weighted by Gasteiger charge is 2.45. The van der Waals surface area contributed by atoms with E-state index in [0.717, 1.165) is 0 Å². The molecule has 0 aliphatic heterocycles. The minimum absolute atomic E-state index is 0.134. The third-order valence-corrected chi connectivity index (χ3v) is 3.88. The summed E-state index contributed by atoms with van der Waals surface area (Å²) in [5.74, 6) is 0. The third-order valence-electron chi connectivity index (χ3n) is 1.82. The molecule has 0 aromatic heterocycles. The number of hydrogen-bond acceptors (Lipinski definition) is 7. The molecule has 110 valence electrons. The Hall–Kier alpha value is -0.0631. The average Bonchev–Trinajstić information content (AvgIpc) is 2.28. The minimum Gasteiger partial charge on any atom is -0.355 e. The van der Waals surface area contributed by atoms with E-state index in [1.165, 1.54) is 7.11 Å². The molecule has 3 unspecified atom stereocenters. The fourth-order valence-corrected chi connectivity index (χ4v) is 3.01. The summed E-state index contributed by atoms with van der Waals surface area (Å²) in [7, 11) is -1.72. The summed E-state index contributed by atoms with van der Waals surface area (Å²) in [6.45, 7) is 6.34. The molecule has 0 aromatic rings. The number of rotatable bonds is 10. The topological polar surface area (TPSA) is 115 Å². The van der Waals surface area contributed by atoms with Crippen LogP contribution in [-0.2, 0) is 17.7 Å². The molecule has 0 amide bonds. The summed E-state index contributed by atoms with van der Waals surface area (Å²) in [6, 6.07) is -0.403. The van der Waals surface area contributed by atoms with Gasteiger partial charge in [0, 0.05) is 25.2 Å². The molecule has 0 fully saturated rings. The van der Waals surface area contributed by atoms with Crippen LogP contribution in [0.15, 0.2) is 0 Å². The van der Waals surface area contributed by atoms with Crippen molar-refractivity contribution in [2.24, 2.45) is 17.2 Å². The highest BCUT2D eigenvalue weighted by Crippen LogP contribution is 2.12. The molecule has 0 radical (unpaired) electrons. The van der Waals surface area contributed by atoms with E-state index in [9.17, 15) is 0 Å². The molecule has 0 aliphatic rings. The maximum absolute atomic E-state index is 5.65. The predicted molar refractivity (Wildman–Crippen MR) is 71.6 cm³/mol. The normalized spacial score (nSPS) is 20.2. The summed E-state index contributed by atoms with van der Waals surface area (Å²) in [4.78, 5) is 0. The van der Waals surface area contributed by atoms with Gasteiger partial charge in [0.25, 0.3) is 0 Å². The molecule has 0 saturated carbocycles. The average molecular weight is 281 g/mol. The Morgan fingerprint density at radius 3 is 1.22 bits per heavy atom. The molecule has 18 heavy (non-hydrogen) atoms. The van der Waals surface area contributed by atoms with Gasteiger partial charge in [-0.15, -0.1) is 0 Å². The first-order valence-corrected chi connectivity index (χ1v) is 7.68. The number of nitrogens with two attached hydrogens (primary N) is 3. The van der Waals surface area contributed by atoms with E-state index in [4.69, 9.17) is 34.9 Å². The zero-order valence-corrected chi connectivity index (χ0v) is 12.7. The lowest BCUT2D eigenvalue weighted by Gasteiger charge is -2.28. The Balaban J connectivity index is 4.49. The Morgan fingerprint density at radius 2 is 1.06 bits per heavy atom. The standard InChI is InChI=1S/C10H27N3O4Si/c1-8(11)5-15-18(14-4,16-6-9(2)12)17-7-10(3)13/h8-10H,5-7,11-13H2,1-4H3. The van der Waals surface area contributed by atoms with E-state index < -0.39 is 9.05 Å². The van der Waals surface area contributed by atoms with E-state index in [1.807, 2.05) is 20.8 Å². The monoisotopic (exact) mass is 281 g/mol. The van der Waals surface area contributed by atoms with Crippen LogP contribution >= 0.6 is 0 Å². The summed E-state index contributed by atoms with van der Waals surface area (Å²) in [5, 5.41) is 0. The zero-order valence-electron chi connectivity index (χ0n) is 11.7. The van der Waals surface area contributed by atoms with Gasteiger partial charge >= 0.3 is 9.05 Å². The second-order valence-electron chi connectivity index (χ2n) is 4.57. The van der Waals surface area contributed by atoms with Crippen molar-refractivity contribution in [2.45, 2.75) is 38.9 Å². The first-order chi connectivity index (χ1) is 8.31. The second kappa shape index (κ2) is 8.94. The molecule has 8 heteroatoms. The highest BCUT2D eigenvalue weighted by atomic mass is 28.4. The molecule has 7 nitrogen and oxygen atoms in total. The first kappa shape index (κ1) is 17.9. The molecule has 0 aliphatic carbocycles. The summed E-state index contributed by atoms with van der Waals surface area (Å²) in [6.07, 6.45) is 0. The largest absolute Gasteiger partial charge is 0.679 e. The maximum atomic E-state index is 5.65. The van der Waals surface area contributed by atoms with E-state index in [2.05, 4.69) is 0 Å². The van der Waals surface area contributed by atoms with Crippen LogP contribution < -0.4 is 17.2 Å². The van der Waals surface area contributed by atoms with Crippen molar-refractivity contribution >= 4 is 9.05 Å². The van der Waals surface area contributed by atoms with Crippen molar-refractivity contribution in [3.63, 3.8) is 0 Å². The molecule has 3 atom stereocenters. The molecule has 0 heterocycles. The Bertz CT molecular complexity index is 186. The van der Waals surface area contributed by atoms with Gasteiger partial charge in [0.2, 0.25) is 0 Å². The minimum atomic E-state index is -3.20. The van der Waals surface area contributed by atoms with E-state index >= 15 is 0 Å². The van der Waals surface area contributed by atoms with Crippen LogP contribution in [0, 0.1) is 0 Å². The molecule has 0 bridgehead atoms. The van der Waals surface area contributed by atoms with E-state index in [0.29, 0.717) is 0 Å². The van der Waals surface area contributed by atoms with Gasteiger partial charge in [0.1, 0.15) is 0 Å². The Morgan fingerprint density at radius 1 is 0.778 bits per heavy atom. The smallest absolute Gasteiger partial charge is 0.355 e. The van der Waals surface area contributed by atoms with Crippen LogP contribution in [0.25, 0.3) is 0 Å². The lowest BCUT2D eigenvalue weighted by atomic mass is 10.4. The quantitative estimate of drug-likeness (QED) is 0.447. The van der Waals surface area contributed by atoms with Crippen molar-refractivity contribution in [1.82, 2.24) is 0 Å². The van der Waals surface area contributed by atoms with Gasteiger partial charge in [0.05, 0.1) is 19.8 Å². The van der Waals surface area contributed by atoms with Crippen molar-refractivity contribution < 1.29 is 17.7 Å². The van der Waals surface area contributed by atoms with Gasteiger partial charge in [-0.3, -0.25) is 0 Å². The number of hydrogen-bond donors (Lipinski definition) is 3. The van der Waals surface area contributed by atoms with Gasteiger partial charge < -0.3 is 34.9 Å². The molecular formula is C10H27N3O4Si. The van der Waals surface area contributed by atoms with Gasteiger partial charge in [-0.25, -0.2) is 0 Å². The van der Waals surface area contributed by atoms with Gasteiger partial charge in [-0.1, -0.05) is 0 Å².